The molecule has 9 nitrogen and oxygen atoms in total. The summed E-state index contributed by atoms with van der Waals surface area (Å²) in [4.78, 5) is 0. The number of rotatable bonds is 5. The van der Waals surface area contributed by atoms with Crippen molar-refractivity contribution in [3.05, 3.63) is 0 Å². The van der Waals surface area contributed by atoms with Gasteiger partial charge in [0.15, 0.2) is 6.29 Å². The van der Waals surface area contributed by atoms with Crippen LogP contribution in [0.25, 0.3) is 0 Å². The molecular formula is C11H17NO8. The number of aliphatic hydroxyl groups is 5. The Morgan fingerprint density at radius 2 is 1.85 bits per heavy atom. The monoisotopic (exact) mass is 291 g/mol. The number of hydrogen-bond acceptors (Lipinski definition) is 9. The number of aliphatic hydroxyl groups excluding tert-OH is 5. The van der Waals surface area contributed by atoms with Crippen LogP contribution in [0, 0.1) is 11.3 Å². The van der Waals surface area contributed by atoms with Crippen molar-refractivity contribution in [3.63, 3.8) is 0 Å². The lowest BCUT2D eigenvalue weighted by Crippen LogP contribution is -2.59. The third-order valence-corrected chi connectivity index (χ3v) is 3.50. The molecule has 2 aliphatic rings. The van der Waals surface area contributed by atoms with Crippen LogP contribution in [-0.2, 0) is 14.2 Å². The summed E-state index contributed by atoms with van der Waals surface area (Å²) < 4.78 is 15.3. The van der Waals surface area contributed by atoms with Gasteiger partial charge >= 0.3 is 0 Å². The van der Waals surface area contributed by atoms with E-state index in [-0.39, 0.29) is 6.61 Å². The minimum Gasteiger partial charge on any atom is -0.394 e. The molecule has 2 heterocycles. The zero-order valence-electron chi connectivity index (χ0n) is 10.5. The molecule has 0 aromatic heterocycles. The lowest BCUT2D eigenvalue weighted by atomic mass is 9.99. The fourth-order valence-electron chi connectivity index (χ4n) is 2.05. The van der Waals surface area contributed by atoms with Gasteiger partial charge in [0.25, 0.3) is 0 Å². The number of ether oxygens (including phenoxy) is 3. The first-order chi connectivity index (χ1) is 9.49. The predicted octanol–water partition coefficient (Wildman–Crippen LogP) is -3.54. The van der Waals surface area contributed by atoms with Gasteiger partial charge in [-0.15, -0.1) is 0 Å². The molecule has 0 aliphatic carbocycles. The average molecular weight is 291 g/mol. The Balaban J connectivity index is 1.88. The van der Waals surface area contributed by atoms with Crippen LogP contribution in [0.3, 0.4) is 0 Å². The molecule has 5 N–H and O–H groups in total. The molecule has 0 aromatic rings. The second-order valence-electron chi connectivity index (χ2n) is 4.80. The van der Waals surface area contributed by atoms with Gasteiger partial charge in [-0.1, -0.05) is 0 Å². The predicted molar refractivity (Wildman–Crippen MR) is 60.0 cm³/mol. The van der Waals surface area contributed by atoms with E-state index < -0.39 is 55.6 Å². The standard InChI is InChI=1S/C11H17NO8/c12-3-11(4-14)6(20-11)2-18-10-9(17)8(16)7(15)5(1-13)19-10/h5-10,13-17H,1-2,4H2. The Morgan fingerprint density at radius 3 is 2.35 bits per heavy atom. The number of hydrogen-bond donors (Lipinski definition) is 5. The number of nitrogens with zero attached hydrogens (tertiary/aromatic N) is 1. The molecule has 0 radical (unpaired) electrons. The molecule has 7 unspecified atom stereocenters. The summed E-state index contributed by atoms with van der Waals surface area (Å²) in [7, 11) is 0. The van der Waals surface area contributed by atoms with E-state index in [1.807, 2.05) is 0 Å². The molecule has 20 heavy (non-hydrogen) atoms. The lowest BCUT2D eigenvalue weighted by Gasteiger charge is -2.39. The maximum Gasteiger partial charge on any atom is 0.205 e. The van der Waals surface area contributed by atoms with E-state index in [1.54, 1.807) is 6.07 Å². The molecule has 0 saturated carbocycles. The normalized spacial score (nSPS) is 47.8. The van der Waals surface area contributed by atoms with Crippen molar-refractivity contribution in [1.82, 2.24) is 0 Å². The van der Waals surface area contributed by atoms with Crippen molar-refractivity contribution in [2.45, 2.75) is 42.4 Å². The van der Waals surface area contributed by atoms with Crippen molar-refractivity contribution in [2.75, 3.05) is 19.8 Å². The van der Waals surface area contributed by atoms with E-state index in [0.29, 0.717) is 0 Å². The quantitative estimate of drug-likeness (QED) is 0.324. The van der Waals surface area contributed by atoms with Crippen molar-refractivity contribution in [2.24, 2.45) is 0 Å². The Bertz CT molecular complexity index is 385. The van der Waals surface area contributed by atoms with Gasteiger partial charge in [0.1, 0.15) is 36.6 Å². The molecule has 2 saturated heterocycles. The maximum absolute atomic E-state index is 9.70. The SMILES string of the molecule is N#CC1(CO)OC1COC1OC(CO)C(O)C(O)C1O. The molecule has 2 aliphatic heterocycles. The van der Waals surface area contributed by atoms with Crippen LogP contribution in [0.2, 0.25) is 0 Å². The van der Waals surface area contributed by atoms with Crippen molar-refractivity contribution >= 4 is 0 Å². The highest BCUT2D eigenvalue weighted by molar-refractivity contribution is 5.18. The second-order valence-corrected chi connectivity index (χ2v) is 4.80. The number of nitriles is 1. The molecule has 0 bridgehead atoms. The molecule has 0 amide bonds. The van der Waals surface area contributed by atoms with Crippen LogP contribution in [-0.4, -0.2) is 87.8 Å². The highest BCUT2D eigenvalue weighted by Crippen LogP contribution is 2.36. The van der Waals surface area contributed by atoms with Crippen LogP contribution in [0.4, 0.5) is 0 Å². The highest BCUT2D eigenvalue weighted by Gasteiger charge is 2.58. The van der Waals surface area contributed by atoms with Gasteiger partial charge in [-0.05, 0) is 0 Å². The molecule has 2 fully saturated rings. The second kappa shape index (κ2) is 5.88. The summed E-state index contributed by atoms with van der Waals surface area (Å²) in [6, 6.07) is 1.80. The Hall–Kier alpha value is -0.830. The van der Waals surface area contributed by atoms with Gasteiger partial charge in [-0.2, -0.15) is 5.26 Å². The molecule has 7 atom stereocenters. The molecule has 9 heteroatoms. The summed E-state index contributed by atoms with van der Waals surface area (Å²) in [5.74, 6) is 0. The van der Waals surface area contributed by atoms with Crippen LogP contribution in [0.1, 0.15) is 0 Å². The highest BCUT2D eigenvalue weighted by atomic mass is 16.7. The van der Waals surface area contributed by atoms with Gasteiger partial charge in [-0.25, -0.2) is 0 Å². The Morgan fingerprint density at radius 1 is 1.15 bits per heavy atom. The first-order valence-electron chi connectivity index (χ1n) is 6.11. The average Bonchev–Trinajstić information content (AvgIpc) is 3.18. The fourth-order valence-corrected chi connectivity index (χ4v) is 2.05. The fraction of sp³-hybridized carbons (Fsp3) is 0.909. The van der Waals surface area contributed by atoms with Crippen LogP contribution >= 0.6 is 0 Å². The number of epoxide rings is 1. The molecule has 2 rings (SSSR count). The summed E-state index contributed by atoms with van der Waals surface area (Å²) >= 11 is 0. The first-order valence-corrected chi connectivity index (χ1v) is 6.11. The summed E-state index contributed by atoms with van der Waals surface area (Å²) in [6.07, 6.45) is -7.48. The minimum atomic E-state index is -1.52. The Labute approximate surface area is 114 Å². The van der Waals surface area contributed by atoms with E-state index in [4.69, 9.17) is 29.7 Å². The van der Waals surface area contributed by atoms with Gasteiger partial charge in [0.05, 0.1) is 19.8 Å². The zero-order chi connectivity index (χ0) is 14.9. The smallest absolute Gasteiger partial charge is 0.205 e. The minimum absolute atomic E-state index is 0.142. The summed E-state index contributed by atoms with van der Waals surface area (Å²) in [5.41, 5.74) is -1.30. The van der Waals surface area contributed by atoms with Gasteiger partial charge in [0.2, 0.25) is 5.60 Å². The van der Waals surface area contributed by atoms with Crippen LogP contribution in [0.5, 0.6) is 0 Å². The Kier molecular flexibility index (Phi) is 4.58. The van der Waals surface area contributed by atoms with Gasteiger partial charge < -0.3 is 39.7 Å². The van der Waals surface area contributed by atoms with Gasteiger partial charge in [-0.3, -0.25) is 0 Å². The largest absolute Gasteiger partial charge is 0.394 e. The topological polar surface area (TPSA) is 156 Å². The van der Waals surface area contributed by atoms with E-state index in [2.05, 4.69) is 0 Å². The van der Waals surface area contributed by atoms with Crippen molar-refractivity contribution in [1.29, 1.82) is 5.26 Å². The van der Waals surface area contributed by atoms with Crippen molar-refractivity contribution in [3.8, 4) is 6.07 Å². The van der Waals surface area contributed by atoms with Crippen LogP contribution < -0.4 is 0 Å². The third-order valence-electron chi connectivity index (χ3n) is 3.50. The molecule has 114 valence electrons. The third kappa shape index (κ3) is 2.65. The van der Waals surface area contributed by atoms with E-state index >= 15 is 0 Å². The van der Waals surface area contributed by atoms with E-state index in [1.165, 1.54) is 0 Å². The lowest BCUT2D eigenvalue weighted by molar-refractivity contribution is -0.301. The first kappa shape index (κ1) is 15.6. The molecular weight excluding hydrogens is 274 g/mol. The molecule has 0 spiro atoms. The maximum atomic E-state index is 9.70. The van der Waals surface area contributed by atoms with Crippen molar-refractivity contribution < 1.29 is 39.7 Å². The summed E-state index contributed by atoms with van der Waals surface area (Å²) in [5, 5.41) is 55.6. The zero-order valence-corrected chi connectivity index (χ0v) is 10.5. The van der Waals surface area contributed by atoms with Crippen LogP contribution in [0.15, 0.2) is 0 Å². The van der Waals surface area contributed by atoms with Gasteiger partial charge in [0, 0.05) is 0 Å². The summed E-state index contributed by atoms with van der Waals surface area (Å²) in [6.45, 7) is -1.17. The molecule has 0 aromatic carbocycles. The van der Waals surface area contributed by atoms with E-state index in [9.17, 15) is 15.3 Å². The van der Waals surface area contributed by atoms with E-state index in [0.717, 1.165) is 0 Å².